The van der Waals surface area contributed by atoms with Crippen molar-refractivity contribution in [3.63, 3.8) is 0 Å². The Labute approximate surface area is 165 Å². The van der Waals surface area contributed by atoms with E-state index in [-0.39, 0.29) is 11.8 Å². The molecule has 28 heavy (non-hydrogen) atoms. The molecule has 4 rings (SSSR count). The Bertz CT molecular complexity index is 995. The smallest absolute Gasteiger partial charge is 0.225 e. The molecule has 0 bridgehead atoms. The van der Waals surface area contributed by atoms with Crippen LogP contribution in [0, 0.1) is 26.7 Å². The standard InChI is InChI=1S/C22H27N5O/c1-14-10-18(20-19(11-14)15(2)16(3)26-20)12-25-21(28)17-6-4-9-27(13-17)22-23-7-5-8-24-22/h5,7-8,10-11,17,26H,4,6,9,12-13H2,1-3H3,(H,25,28)/t17-/m1/s1. The van der Waals surface area contributed by atoms with E-state index in [0.717, 1.165) is 30.5 Å². The summed E-state index contributed by atoms with van der Waals surface area (Å²) in [6, 6.07) is 6.17. The molecule has 0 unspecified atom stereocenters. The fraction of sp³-hybridized carbons (Fsp3) is 0.409. The lowest BCUT2D eigenvalue weighted by molar-refractivity contribution is -0.125. The van der Waals surface area contributed by atoms with Crippen molar-refractivity contribution < 1.29 is 4.79 Å². The second-order valence-corrected chi connectivity index (χ2v) is 7.77. The molecule has 0 radical (unpaired) electrons. The summed E-state index contributed by atoms with van der Waals surface area (Å²) in [6.07, 6.45) is 5.36. The summed E-state index contributed by atoms with van der Waals surface area (Å²) in [5.41, 5.74) is 5.93. The first kappa shape index (κ1) is 18.5. The van der Waals surface area contributed by atoms with Crippen molar-refractivity contribution in [2.24, 2.45) is 5.92 Å². The number of nitrogens with zero attached hydrogens (tertiary/aromatic N) is 3. The van der Waals surface area contributed by atoms with Crippen LogP contribution >= 0.6 is 0 Å². The number of piperidine rings is 1. The Morgan fingerprint density at radius 3 is 2.82 bits per heavy atom. The number of carbonyl (C=O) groups excluding carboxylic acids is 1. The van der Waals surface area contributed by atoms with Gasteiger partial charge < -0.3 is 15.2 Å². The number of aryl methyl sites for hydroxylation is 3. The SMILES string of the molecule is Cc1cc(CNC(=O)[C@@H]2CCCN(c3ncccn3)C2)c2[nH]c(C)c(C)c2c1. The maximum Gasteiger partial charge on any atom is 0.225 e. The van der Waals surface area contributed by atoms with Crippen LogP contribution in [0.1, 0.15) is 35.2 Å². The minimum atomic E-state index is -0.0371. The van der Waals surface area contributed by atoms with E-state index in [1.165, 1.54) is 22.2 Å². The molecule has 3 heterocycles. The van der Waals surface area contributed by atoms with Gasteiger partial charge >= 0.3 is 0 Å². The number of benzene rings is 1. The number of fused-ring (bicyclic) bond motifs is 1. The van der Waals surface area contributed by atoms with Crippen molar-refractivity contribution in [2.45, 2.75) is 40.2 Å². The van der Waals surface area contributed by atoms with Crippen LogP contribution in [0.5, 0.6) is 0 Å². The molecule has 3 aromatic rings. The molecule has 2 aromatic heterocycles. The highest BCUT2D eigenvalue weighted by atomic mass is 16.1. The highest BCUT2D eigenvalue weighted by molar-refractivity contribution is 5.88. The Morgan fingerprint density at radius 2 is 2.04 bits per heavy atom. The summed E-state index contributed by atoms with van der Waals surface area (Å²) >= 11 is 0. The number of rotatable bonds is 4. The van der Waals surface area contributed by atoms with Crippen LogP contribution in [0.4, 0.5) is 5.95 Å². The average Bonchev–Trinajstić information content (AvgIpc) is 3.01. The summed E-state index contributed by atoms with van der Waals surface area (Å²) < 4.78 is 0. The van der Waals surface area contributed by atoms with Crippen molar-refractivity contribution in [3.05, 3.63) is 53.0 Å². The zero-order chi connectivity index (χ0) is 19.7. The second-order valence-electron chi connectivity index (χ2n) is 7.77. The number of nitrogens with one attached hydrogen (secondary N) is 2. The largest absolute Gasteiger partial charge is 0.358 e. The molecule has 1 aromatic carbocycles. The van der Waals surface area contributed by atoms with Gasteiger partial charge in [0.05, 0.1) is 11.4 Å². The Morgan fingerprint density at radius 1 is 1.25 bits per heavy atom. The lowest BCUT2D eigenvalue weighted by Crippen LogP contribution is -2.43. The van der Waals surface area contributed by atoms with E-state index in [4.69, 9.17) is 0 Å². The van der Waals surface area contributed by atoms with Crippen molar-refractivity contribution in [2.75, 3.05) is 18.0 Å². The third-order valence-corrected chi connectivity index (χ3v) is 5.72. The van der Waals surface area contributed by atoms with Gasteiger partial charge in [-0.1, -0.05) is 11.6 Å². The summed E-state index contributed by atoms with van der Waals surface area (Å²) in [5.74, 6) is 0.776. The average molecular weight is 377 g/mol. The van der Waals surface area contributed by atoms with Crippen molar-refractivity contribution in [1.29, 1.82) is 0 Å². The first-order valence-electron chi connectivity index (χ1n) is 9.91. The predicted octanol–water partition coefficient (Wildman–Crippen LogP) is 3.42. The van der Waals surface area contributed by atoms with Gasteiger partial charge in [0, 0.05) is 43.1 Å². The molecule has 146 valence electrons. The molecule has 1 atom stereocenters. The number of H-pyrrole nitrogens is 1. The lowest BCUT2D eigenvalue weighted by atomic mass is 9.97. The zero-order valence-corrected chi connectivity index (χ0v) is 16.7. The third kappa shape index (κ3) is 3.59. The van der Waals surface area contributed by atoms with E-state index in [1.807, 2.05) is 6.07 Å². The molecule has 6 nitrogen and oxygen atoms in total. The molecular weight excluding hydrogens is 350 g/mol. The topological polar surface area (TPSA) is 73.9 Å². The molecule has 6 heteroatoms. The summed E-state index contributed by atoms with van der Waals surface area (Å²) in [7, 11) is 0. The van der Waals surface area contributed by atoms with Crippen LogP contribution in [0.15, 0.2) is 30.6 Å². The molecule has 0 spiro atoms. The molecule has 1 aliphatic heterocycles. The Balaban J connectivity index is 1.46. The van der Waals surface area contributed by atoms with Crippen LogP contribution < -0.4 is 10.2 Å². The molecule has 0 aliphatic carbocycles. The molecule has 1 aliphatic rings. The van der Waals surface area contributed by atoms with E-state index in [1.54, 1.807) is 12.4 Å². The molecule has 1 amide bonds. The first-order chi connectivity index (χ1) is 13.5. The fourth-order valence-corrected chi connectivity index (χ4v) is 4.08. The van der Waals surface area contributed by atoms with E-state index in [9.17, 15) is 4.79 Å². The van der Waals surface area contributed by atoms with E-state index in [0.29, 0.717) is 19.0 Å². The third-order valence-electron chi connectivity index (χ3n) is 5.72. The van der Waals surface area contributed by atoms with Crippen molar-refractivity contribution in [1.82, 2.24) is 20.3 Å². The number of anilines is 1. The molecule has 1 saturated heterocycles. The minimum absolute atomic E-state index is 0.0371. The fourth-order valence-electron chi connectivity index (χ4n) is 4.08. The minimum Gasteiger partial charge on any atom is -0.358 e. The number of aromatic amines is 1. The van der Waals surface area contributed by atoms with Gasteiger partial charge in [0.15, 0.2) is 0 Å². The van der Waals surface area contributed by atoms with Crippen LogP contribution in [0.3, 0.4) is 0 Å². The zero-order valence-electron chi connectivity index (χ0n) is 16.7. The van der Waals surface area contributed by atoms with Crippen LogP contribution in [-0.2, 0) is 11.3 Å². The lowest BCUT2D eigenvalue weighted by Gasteiger charge is -2.31. The van der Waals surface area contributed by atoms with Gasteiger partial charge in [0.2, 0.25) is 11.9 Å². The quantitative estimate of drug-likeness (QED) is 0.731. The number of carbonyl (C=O) groups is 1. The van der Waals surface area contributed by atoms with Gasteiger partial charge in [-0.05, 0) is 56.9 Å². The number of amides is 1. The number of hydrogen-bond acceptors (Lipinski definition) is 4. The van der Waals surface area contributed by atoms with Crippen molar-refractivity contribution in [3.8, 4) is 0 Å². The Hall–Kier alpha value is -2.89. The number of hydrogen-bond donors (Lipinski definition) is 2. The highest BCUT2D eigenvalue weighted by Crippen LogP contribution is 2.26. The maximum absolute atomic E-state index is 12.9. The molecule has 1 fully saturated rings. The predicted molar refractivity (Wildman–Crippen MR) is 111 cm³/mol. The molecule has 0 saturated carbocycles. The van der Waals surface area contributed by atoms with Crippen molar-refractivity contribution >= 4 is 22.8 Å². The second kappa shape index (κ2) is 7.62. The summed E-state index contributed by atoms with van der Waals surface area (Å²) in [4.78, 5) is 27.1. The van der Waals surface area contributed by atoms with Gasteiger partial charge in [-0.15, -0.1) is 0 Å². The monoisotopic (exact) mass is 377 g/mol. The first-order valence-corrected chi connectivity index (χ1v) is 9.91. The highest BCUT2D eigenvalue weighted by Gasteiger charge is 2.27. The van der Waals surface area contributed by atoms with Crippen LogP contribution in [0.2, 0.25) is 0 Å². The van der Waals surface area contributed by atoms with Crippen LogP contribution in [0.25, 0.3) is 10.9 Å². The van der Waals surface area contributed by atoms with Gasteiger partial charge in [0.25, 0.3) is 0 Å². The van der Waals surface area contributed by atoms with E-state index < -0.39 is 0 Å². The van der Waals surface area contributed by atoms with Gasteiger partial charge in [0.1, 0.15) is 0 Å². The molecule has 2 N–H and O–H groups in total. The summed E-state index contributed by atoms with van der Waals surface area (Å²) in [6.45, 7) is 8.43. The van der Waals surface area contributed by atoms with Gasteiger partial charge in [-0.2, -0.15) is 0 Å². The Kier molecular flexibility index (Phi) is 5.03. The molecular formula is C22H27N5O. The van der Waals surface area contributed by atoms with E-state index >= 15 is 0 Å². The number of aromatic nitrogens is 3. The van der Waals surface area contributed by atoms with Gasteiger partial charge in [-0.3, -0.25) is 4.79 Å². The van der Waals surface area contributed by atoms with Crippen LogP contribution in [-0.4, -0.2) is 33.9 Å². The normalized spacial score (nSPS) is 17.1. The summed E-state index contributed by atoms with van der Waals surface area (Å²) in [5, 5.41) is 4.40. The van der Waals surface area contributed by atoms with E-state index in [2.05, 4.69) is 58.1 Å². The van der Waals surface area contributed by atoms with Gasteiger partial charge in [-0.25, -0.2) is 9.97 Å². The maximum atomic E-state index is 12.9.